The maximum Gasteiger partial charge on any atom is 0.433 e. The van der Waals surface area contributed by atoms with E-state index in [1.165, 1.54) is 18.4 Å². The van der Waals surface area contributed by atoms with E-state index in [-0.39, 0.29) is 22.8 Å². The van der Waals surface area contributed by atoms with E-state index in [1.54, 1.807) is 18.2 Å². The number of fused-ring (bicyclic) bond motifs is 1. The largest absolute Gasteiger partial charge is 0.463 e. The maximum atomic E-state index is 13.5. The van der Waals surface area contributed by atoms with E-state index in [0.717, 1.165) is 18.1 Å². The molecule has 0 saturated heterocycles. The van der Waals surface area contributed by atoms with Crippen LogP contribution in [0.1, 0.15) is 28.7 Å². The van der Waals surface area contributed by atoms with Gasteiger partial charge in [0.05, 0.1) is 6.26 Å². The normalized spacial score (nSPS) is 11.7. The van der Waals surface area contributed by atoms with Gasteiger partial charge < -0.3 is 9.73 Å². The molecule has 0 fully saturated rings. The lowest BCUT2D eigenvalue weighted by Crippen LogP contribution is -2.15. The first-order chi connectivity index (χ1) is 13.8. The highest BCUT2D eigenvalue weighted by Gasteiger charge is 2.36. The highest BCUT2D eigenvalue weighted by molar-refractivity contribution is 6.03. The number of nitrogens with zero attached hydrogens (tertiary/aromatic N) is 3. The van der Waals surface area contributed by atoms with E-state index in [4.69, 9.17) is 4.42 Å². The molecule has 0 aliphatic rings. The fourth-order valence-electron chi connectivity index (χ4n) is 2.86. The number of carbonyl (C=O) groups is 1. The number of amides is 1. The minimum atomic E-state index is -4.70. The monoisotopic (exact) mass is 400 g/mol. The first-order valence-corrected chi connectivity index (χ1v) is 8.77. The number of benzene rings is 1. The summed E-state index contributed by atoms with van der Waals surface area (Å²) >= 11 is 0. The van der Waals surface area contributed by atoms with Gasteiger partial charge in [-0.2, -0.15) is 18.3 Å². The smallest absolute Gasteiger partial charge is 0.433 e. The Kier molecular flexibility index (Phi) is 4.57. The summed E-state index contributed by atoms with van der Waals surface area (Å²) < 4.78 is 46.4. The Morgan fingerprint density at radius 2 is 1.93 bits per heavy atom. The van der Waals surface area contributed by atoms with Gasteiger partial charge in [0, 0.05) is 11.8 Å². The summed E-state index contributed by atoms with van der Waals surface area (Å²) in [5.74, 6) is -0.450. The van der Waals surface area contributed by atoms with Crippen molar-refractivity contribution in [3.05, 3.63) is 71.7 Å². The van der Waals surface area contributed by atoms with Crippen LogP contribution in [0.15, 0.2) is 59.2 Å². The summed E-state index contributed by atoms with van der Waals surface area (Å²) in [6, 6.07) is 12.3. The summed E-state index contributed by atoms with van der Waals surface area (Å²) in [5, 5.41) is 6.45. The van der Waals surface area contributed by atoms with Gasteiger partial charge in [-0.1, -0.05) is 19.1 Å². The van der Waals surface area contributed by atoms with Gasteiger partial charge in [-0.3, -0.25) is 4.79 Å². The van der Waals surface area contributed by atoms with E-state index in [1.807, 2.05) is 19.1 Å². The minimum Gasteiger partial charge on any atom is -0.463 e. The lowest BCUT2D eigenvalue weighted by Gasteiger charge is -2.09. The zero-order valence-corrected chi connectivity index (χ0v) is 15.2. The molecule has 0 atom stereocenters. The van der Waals surface area contributed by atoms with Gasteiger partial charge >= 0.3 is 6.18 Å². The molecule has 1 aromatic carbocycles. The van der Waals surface area contributed by atoms with Gasteiger partial charge in [0.25, 0.3) is 5.91 Å². The number of nitrogens with one attached hydrogen (secondary N) is 1. The van der Waals surface area contributed by atoms with Gasteiger partial charge in [0.2, 0.25) is 0 Å². The molecule has 3 aromatic heterocycles. The van der Waals surface area contributed by atoms with E-state index in [0.29, 0.717) is 10.2 Å². The van der Waals surface area contributed by atoms with Gasteiger partial charge in [-0.15, -0.1) is 0 Å². The second-order valence-corrected chi connectivity index (χ2v) is 6.31. The molecule has 1 N–H and O–H groups in total. The van der Waals surface area contributed by atoms with Crippen LogP contribution < -0.4 is 5.32 Å². The molecule has 148 valence electrons. The zero-order chi connectivity index (χ0) is 20.6. The predicted octanol–water partition coefficient (Wildman–Crippen LogP) is 4.82. The van der Waals surface area contributed by atoms with E-state index < -0.39 is 17.8 Å². The fraction of sp³-hybridized carbons (Fsp3) is 0.150. The van der Waals surface area contributed by atoms with Crippen molar-refractivity contribution in [2.24, 2.45) is 0 Å². The number of hydrogen-bond donors (Lipinski definition) is 1. The first kappa shape index (κ1) is 18.7. The topological polar surface area (TPSA) is 72.4 Å². The van der Waals surface area contributed by atoms with Crippen molar-refractivity contribution in [1.29, 1.82) is 0 Å². The second-order valence-electron chi connectivity index (χ2n) is 6.31. The van der Waals surface area contributed by atoms with Gasteiger partial charge in [0.15, 0.2) is 22.8 Å². The Morgan fingerprint density at radius 1 is 1.17 bits per heavy atom. The third-order valence-corrected chi connectivity index (χ3v) is 4.34. The Bertz CT molecular complexity index is 1160. The quantitative estimate of drug-likeness (QED) is 0.533. The van der Waals surface area contributed by atoms with Crippen molar-refractivity contribution in [3.8, 4) is 11.5 Å². The highest BCUT2D eigenvalue weighted by atomic mass is 19.4. The summed E-state index contributed by atoms with van der Waals surface area (Å²) in [4.78, 5) is 16.6. The van der Waals surface area contributed by atoms with Crippen molar-refractivity contribution in [1.82, 2.24) is 14.6 Å². The number of hydrogen-bond acceptors (Lipinski definition) is 4. The SMILES string of the molecule is CCc1ccc(NC(=O)c2cc3nc(-c4ccco4)cc(C(F)(F)F)n3n2)cc1. The van der Waals surface area contributed by atoms with Gasteiger partial charge in [0.1, 0.15) is 5.69 Å². The van der Waals surface area contributed by atoms with E-state index in [2.05, 4.69) is 15.4 Å². The lowest BCUT2D eigenvalue weighted by molar-refractivity contribution is -0.142. The molecular formula is C20H15F3N4O2. The molecule has 0 bridgehead atoms. The van der Waals surface area contributed by atoms with E-state index in [9.17, 15) is 18.0 Å². The van der Waals surface area contributed by atoms with Crippen molar-refractivity contribution < 1.29 is 22.4 Å². The average molecular weight is 400 g/mol. The average Bonchev–Trinajstić information content (AvgIpc) is 3.36. The van der Waals surface area contributed by atoms with Crippen LogP contribution in [0.25, 0.3) is 17.1 Å². The summed E-state index contributed by atoms with van der Waals surface area (Å²) in [6.07, 6.45) is -2.50. The highest BCUT2D eigenvalue weighted by Crippen LogP contribution is 2.32. The van der Waals surface area contributed by atoms with Crippen molar-refractivity contribution in [2.75, 3.05) is 5.32 Å². The molecule has 0 aliphatic carbocycles. The molecule has 0 aliphatic heterocycles. The zero-order valence-electron chi connectivity index (χ0n) is 15.2. The van der Waals surface area contributed by atoms with Gasteiger partial charge in [-0.05, 0) is 42.3 Å². The number of anilines is 1. The fourth-order valence-corrected chi connectivity index (χ4v) is 2.86. The third kappa shape index (κ3) is 3.71. The molecule has 29 heavy (non-hydrogen) atoms. The van der Waals surface area contributed by atoms with Crippen LogP contribution in [-0.4, -0.2) is 20.5 Å². The first-order valence-electron chi connectivity index (χ1n) is 8.77. The molecule has 3 heterocycles. The molecular weight excluding hydrogens is 385 g/mol. The van der Waals surface area contributed by atoms with Crippen LogP contribution in [-0.2, 0) is 12.6 Å². The molecule has 4 rings (SSSR count). The summed E-state index contributed by atoms with van der Waals surface area (Å²) in [6.45, 7) is 2.01. The van der Waals surface area contributed by atoms with Gasteiger partial charge in [-0.25, -0.2) is 9.50 Å². The molecule has 6 nitrogen and oxygen atoms in total. The maximum absolute atomic E-state index is 13.5. The standard InChI is InChI=1S/C20H15F3N4O2/c1-2-12-5-7-13(8-6-12)24-19(28)15-11-18-25-14(16-4-3-9-29-16)10-17(20(21,22)23)27(18)26-15/h3-11H,2H2,1H3,(H,24,28). The van der Waals surface area contributed by atoms with Crippen molar-refractivity contribution in [2.45, 2.75) is 19.5 Å². The molecule has 0 radical (unpaired) electrons. The molecule has 4 aromatic rings. The molecule has 0 saturated carbocycles. The van der Waals surface area contributed by atoms with Crippen molar-refractivity contribution >= 4 is 17.2 Å². The number of aromatic nitrogens is 3. The number of alkyl halides is 3. The number of rotatable bonds is 4. The Labute approximate surface area is 163 Å². The number of halogens is 3. The molecule has 0 unspecified atom stereocenters. The molecule has 1 amide bonds. The van der Waals surface area contributed by atoms with Crippen LogP contribution >= 0.6 is 0 Å². The minimum absolute atomic E-state index is 0.00293. The Balaban J connectivity index is 1.73. The number of furan rings is 1. The number of aryl methyl sites for hydroxylation is 1. The van der Waals surface area contributed by atoms with Crippen LogP contribution in [0.2, 0.25) is 0 Å². The molecule has 9 heteroatoms. The Hall–Kier alpha value is -3.62. The predicted molar refractivity (Wildman–Crippen MR) is 99.5 cm³/mol. The lowest BCUT2D eigenvalue weighted by atomic mass is 10.1. The third-order valence-electron chi connectivity index (χ3n) is 4.34. The van der Waals surface area contributed by atoms with Crippen LogP contribution in [0.3, 0.4) is 0 Å². The molecule has 0 spiro atoms. The van der Waals surface area contributed by atoms with Crippen molar-refractivity contribution in [3.63, 3.8) is 0 Å². The van der Waals surface area contributed by atoms with E-state index >= 15 is 0 Å². The Morgan fingerprint density at radius 3 is 2.55 bits per heavy atom. The van der Waals surface area contributed by atoms with Crippen LogP contribution in [0.5, 0.6) is 0 Å². The van der Waals surface area contributed by atoms with Crippen LogP contribution in [0, 0.1) is 0 Å². The summed E-state index contributed by atoms with van der Waals surface area (Å²) in [5.41, 5.74) is 0.263. The second kappa shape index (κ2) is 7.08. The van der Waals surface area contributed by atoms with Crippen LogP contribution in [0.4, 0.5) is 18.9 Å². The number of carbonyl (C=O) groups excluding carboxylic acids is 1. The summed E-state index contributed by atoms with van der Waals surface area (Å²) in [7, 11) is 0.